The van der Waals surface area contributed by atoms with Crippen LogP contribution < -0.4 is 4.72 Å². The molecular formula is C21H18FN3O4S. The molecule has 0 saturated heterocycles. The van der Waals surface area contributed by atoms with Gasteiger partial charge in [0.15, 0.2) is 5.76 Å². The van der Waals surface area contributed by atoms with Gasteiger partial charge in [-0.05, 0) is 35.9 Å². The first kappa shape index (κ1) is 19.8. The fourth-order valence-electron chi connectivity index (χ4n) is 3.32. The van der Waals surface area contributed by atoms with E-state index in [2.05, 4.69) is 9.82 Å². The van der Waals surface area contributed by atoms with Gasteiger partial charge in [0.05, 0.1) is 24.3 Å². The molecule has 0 unspecified atom stereocenters. The van der Waals surface area contributed by atoms with E-state index >= 15 is 0 Å². The van der Waals surface area contributed by atoms with Crippen LogP contribution in [0.3, 0.4) is 0 Å². The molecule has 3 aromatic rings. The SMILES string of the molecule is CS(=O)(=O)Nc1ccc(C2=NN(C(=O)c3ccco3)[C@@H](c3ccccc3F)C2)cc1. The van der Waals surface area contributed by atoms with Gasteiger partial charge < -0.3 is 4.42 Å². The van der Waals surface area contributed by atoms with E-state index in [1.165, 1.54) is 23.4 Å². The lowest BCUT2D eigenvalue weighted by atomic mass is 9.98. The van der Waals surface area contributed by atoms with Gasteiger partial charge in [-0.2, -0.15) is 5.10 Å². The van der Waals surface area contributed by atoms with Gasteiger partial charge in [-0.1, -0.05) is 30.3 Å². The van der Waals surface area contributed by atoms with Crippen LogP contribution in [-0.4, -0.2) is 31.3 Å². The van der Waals surface area contributed by atoms with Crippen LogP contribution in [0.5, 0.6) is 0 Å². The average Bonchev–Trinajstić information content (AvgIpc) is 3.38. The highest BCUT2D eigenvalue weighted by Gasteiger charge is 2.36. The summed E-state index contributed by atoms with van der Waals surface area (Å²) in [5, 5.41) is 5.68. The van der Waals surface area contributed by atoms with Crippen LogP contribution in [-0.2, 0) is 10.0 Å². The number of furan rings is 1. The van der Waals surface area contributed by atoms with Crippen LogP contribution >= 0.6 is 0 Å². The number of nitrogens with one attached hydrogen (secondary N) is 1. The first-order valence-corrected chi connectivity index (χ1v) is 11.0. The van der Waals surface area contributed by atoms with Gasteiger partial charge >= 0.3 is 5.91 Å². The standard InChI is InChI=1S/C21H18FN3O4S/c1-30(27,28)24-15-10-8-14(9-11-15)18-13-19(16-5-2-3-6-17(16)22)25(23-18)21(26)20-7-4-12-29-20/h2-12,19,24H,13H2,1H3/t19-/m1/s1. The van der Waals surface area contributed by atoms with Crippen molar-refractivity contribution in [3.63, 3.8) is 0 Å². The topological polar surface area (TPSA) is 92.0 Å². The summed E-state index contributed by atoms with van der Waals surface area (Å²) in [6.45, 7) is 0. The molecule has 4 rings (SSSR count). The van der Waals surface area contributed by atoms with Gasteiger partial charge in [0.2, 0.25) is 10.0 Å². The Morgan fingerprint density at radius 2 is 1.87 bits per heavy atom. The number of amides is 1. The van der Waals surface area contributed by atoms with E-state index in [9.17, 15) is 17.6 Å². The summed E-state index contributed by atoms with van der Waals surface area (Å²) in [5.74, 6) is -0.795. The maximum absolute atomic E-state index is 14.5. The Kier molecular flexibility index (Phi) is 5.13. The first-order valence-electron chi connectivity index (χ1n) is 9.09. The fourth-order valence-corrected chi connectivity index (χ4v) is 3.88. The summed E-state index contributed by atoms with van der Waals surface area (Å²) >= 11 is 0. The monoisotopic (exact) mass is 427 g/mol. The van der Waals surface area contributed by atoms with Crippen molar-refractivity contribution in [2.24, 2.45) is 5.10 Å². The van der Waals surface area contributed by atoms with Gasteiger partial charge in [0, 0.05) is 17.7 Å². The van der Waals surface area contributed by atoms with Gasteiger partial charge in [-0.25, -0.2) is 17.8 Å². The predicted molar refractivity (Wildman–Crippen MR) is 110 cm³/mol. The summed E-state index contributed by atoms with van der Waals surface area (Å²) in [5.41, 5.74) is 2.04. The number of halogens is 1. The molecule has 0 radical (unpaired) electrons. The Morgan fingerprint density at radius 1 is 1.13 bits per heavy atom. The van der Waals surface area contributed by atoms with E-state index in [1.807, 2.05) is 0 Å². The minimum Gasteiger partial charge on any atom is -0.459 e. The van der Waals surface area contributed by atoms with E-state index in [1.54, 1.807) is 48.5 Å². The molecule has 30 heavy (non-hydrogen) atoms. The van der Waals surface area contributed by atoms with E-state index < -0.39 is 27.8 Å². The van der Waals surface area contributed by atoms with Gasteiger partial charge in [-0.3, -0.25) is 9.52 Å². The van der Waals surface area contributed by atoms with Crippen molar-refractivity contribution in [3.8, 4) is 0 Å². The lowest BCUT2D eigenvalue weighted by molar-refractivity contribution is 0.0676. The summed E-state index contributed by atoms with van der Waals surface area (Å²) in [7, 11) is -3.39. The Hall–Kier alpha value is -3.46. The van der Waals surface area contributed by atoms with Crippen molar-refractivity contribution in [1.29, 1.82) is 0 Å². The zero-order valence-electron chi connectivity index (χ0n) is 15.9. The number of carbonyl (C=O) groups is 1. The molecule has 1 atom stereocenters. The molecule has 0 aliphatic carbocycles. The average molecular weight is 427 g/mol. The first-order chi connectivity index (χ1) is 14.3. The smallest absolute Gasteiger partial charge is 0.310 e. The minimum atomic E-state index is -3.39. The third-order valence-electron chi connectivity index (χ3n) is 4.64. The zero-order chi connectivity index (χ0) is 21.3. The third kappa shape index (κ3) is 4.11. The van der Waals surface area contributed by atoms with Crippen molar-refractivity contribution in [2.45, 2.75) is 12.5 Å². The van der Waals surface area contributed by atoms with Crippen LogP contribution in [0.4, 0.5) is 10.1 Å². The number of carbonyl (C=O) groups excluding carboxylic acids is 1. The number of nitrogens with zero attached hydrogens (tertiary/aromatic N) is 2. The van der Waals surface area contributed by atoms with E-state index in [4.69, 9.17) is 4.42 Å². The molecule has 2 aromatic carbocycles. The largest absolute Gasteiger partial charge is 0.459 e. The normalized spacial score (nSPS) is 16.4. The molecule has 1 aliphatic rings. The second-order valence-corrected chi connectivity index (χ2v) is 8.62. The van der Waals surface area contributed by atoms with Crippen LogP contribution in [0.15, 0.2) is 76.4 Å². The van der Waals surface area contributed by atoms with Crippen molar-refractivity contribution >= 4 is 27.3 Å². The molecule has 1 amide bonds. The Labute approximate surface area is 172 Å². The van der Waals surface area contributed by atoms with E-state index in [0.717, 1.165) is 6.26 Å². The Balaban J connectivity index is 1.68. The molecule has 1 N–H and O–H groups in total. The van der Waals surface area contributed by atoms with Crippen molar-refractivity contribution < 1.29 is 22.0 Å². The van der Waals surface area contributed by atoms with Crippen molar-refractivity contribution in [2.75, 3.05) is 11.0 Å². The lowest BCUT2D eigenvalue weighted by Gasteiger charge is -2.21. The molecule has 0 bridgehead atoms. The van der Waals surface area contributed by atoms with E-state index in [0.29, 0.717) is 28.9 Å². The number of sulfonamides is 1. The lowest BCUT2D eigenvalue weighted by Crippen LogP contribution is -2.27. The molecule has 1 aromatic heterocycles. The second-order valence-electron chi connectivity index (χ2n) is 6.87. The van der Waals surface area contributed by atoms with E-state index in [-0.39, 0.29) is 5.76 Å². The van der Waals surface area contributed by atoms with Gasteiger partial charge in [0.25, 0.3) is 0 Å². The number of hydrazone groups is 1. The highest BCUT2D eigenvalue weighted by molar-refractivity contribution is 7.92. The van der Waals surface area contributed by atoms with Crippen LogP contribution in [0.25, 0.3) is 0 Å². The zero-order valence-corrected chi connectivity index (χ0v) is 16.8. The quantitative estimate of drug-likeness (QED) is 0.671. The maximum Gasteiger partial charge on any atom is 0.310 e. The summed E-state index contributed by atoms with van der Waals surface area (Å²) in [4.78, 5) is 12.9. The van der Waals surface area contributed by atoms with Gasteiger partial charge in [0.1, 0.15) is 5.82 Å². The highest BCUT2D eigenvalue weighted by atomic mass is 32.2. The highest BCUT2D eigenvalue weighted by Crippen LogP contribution is 2.35. The molecule has 1 aliphatic heterocycles. The maximum atomic E-state index is 14.5. The number of hydrogen-bond donors (Lipinski definition) is 1. The third-order valence-corrected chi connectivity index (χ3v) is 5.24. The molecule has 0 fully saturated rings. The van der Waals surface area contributed by atoms with Crippen molar-refractivity contribution in [3.05, 3.63) is 89.6 Å². The molecule has 0 saturated carbocycles. The number of anilines is 1. The fraction of sp³-hybridized carbons (Fsp3) is 0.143. The predicted octanol–water partition coefficient (Wildman–Crippen LogP) is 3.78. The number of hydrogen-bond acceptors (Lipinski definition) is 5. The van der Waals surface area contributed by atoms with Crippen LogP contribution in [0.1, 0.15) is 34.1 Å². The Bertz CT molecular complexity index is 1210. The van der Waals surface area contributed by atoms with Gasteiger partial charge in [-0.15, -0.1) is 0 Å². The molecule has 7 nitrogen and oxygen atoms in total. The van der Waals surface area contributed by atoms with Crippen molar-refractivity contribution in [1.82, 2.24) is 5.01 Å². The van der Waals surface area contributed by atoms with Crippen LogP contribution in [0, 0.1) is 5.82 Å². The molecule has 154 valence electrons. The molecular weight excluding hydrogens is 409 g/mol. The summed E-state index contributed by atoms with van der Waals surface area (Å²) in [6, 6.07) is 15.4. The second kappa shape index (κ2) is 7.75. The summed E-state index contributed by atoms with van der Waals surface area (Å²) < 4.78 is 44.8. The number of benzene rings is 2. The molecule has 9 heteroatoms. The molecule has 2 heterocycles. The number of rotatable bonds is 5. The Morgan fingerprint density at radius 3 is 2.50 bits per heavy atom. The minimum absolute atomic E-state index is 0.106. The summed E-state index contributed by atoms with van der Waals surface area (Å²) in [6.07, 6.45) is 2.75. The molecule has 0 spiro atoms. The van der Waals surface area contributed by atoms with Crippen LogP contribution in [0.2, 0.25) is 0 Å².